The summed E-state index contributed by atoms with van der Waals surface area (Å²) in [7, 11) is 0. The van der Waals surface area contributed by atoms with Gasteiger partial charge in [-0.05, 0) is 48.4 Å². The smallest absolute Gasteiger partial charge is 0.254 e. The van der Waals surface area contributed by atoms with Gasteiger partial charge < -0.3 is 4.90 Å². The summed E-state index contributed by atoms with van der Waals surface area (Å²) in [5, 5.41) is 3.55. The van der Waals surface area contributed by atoms with Gasteiger partial charge in [0.2, 0.25) is 0 Å². The fourth-order valence-corrected chi connectivity index (χ4v) is 4.60. The highest BCUT2D eigenvalue weighted by molar-refractivity contribution is 6.06. The van der Waals surface area contributed by atoms with Crippen molar-refractivity contribution in [1.82, 2.24) is 14.8 Å². The van der Waals surface area contributed by atoms with Crippen LogP contribution in [0.25, 0.3) is 21.7 Å². The maximum Gasteiger partial charge on any atom is 0.254 e. The molecular formula is C27H27N3O. The van der Waals surface area contributed by atoms with Crippen LogP contribution in [0.4, 0.5) is 0 Å². The second-order valence-corrected chi connectivity index (χ2v) is 8.54. The van der Waals surface area contributed by atoms with Gasteiger partial charge in [-0.3, -0.25) is 14.7 Å². The van der Waals surface area contributed by atoms with E-state index in [2.05, 4.69) is 71.4 Å². The predicted octanol–water partition coefficient (Wildman–Crippen LogP) is 4.96. The van der Waals surface area contributed by atoms with Crippen molar-refractivity contribution < 1.29 is 4.79 Å². The third-order valence-corrected chi connectivity index (χ3v) is 6.26. The van der Waals surface area contributed by atoms with Crippen LogP contribution in [0.5, 0.6) is 0 Å². The standard InChI is InChI=1S/C27H27N3O/c1-19-10-11-26-24(16-19)25(17-20(2)28-26)27(31)30-14-12-29(13-15-30)18-22-8-5-7-21-6-3-4-9-23(21)22/h3-11,16-17H,12-15,18H2,1-2H3. The monoisotopic (exact) mass is 409 g/mol. The number of carbonyl (C=O) groups excluding carboxylic acids is 1. The van der Waals surface area contributed by atoms with Crippen LogP contribution >= 0.6 is 0 Å². The molecule has 0 aliphatic carbocycles. The molecule has 156 valence electrons. The highest BCUT2D eigenvalue weighted by atomic mass is 16.2. The van der Waals surface area contributed by atoms with Gasteiger partial charge in [-0.25, -0.2) is 0 Å². The molecule has 1 fully saturated rings. The average Bonchev–Trinajstić information content (AvgIpc) is 2.79. The van der Waals surface area contributed by atoms with Gasteiger partial charge in [0, 0.05) is 43.8 Å². The number of hydrogen-bond acceptors (Lipinski definition) is 3. The molecular weight excluding hydrogens is 382 g/mol. The van der Waals surface area contributed by atoms with E-state index in [1.807, 2.05) is 24.0 Å². The Hall–Kier alpha value is -3.24. The quantitative estimate of drug-likeness (QED) is 0.480. The summed E-state index contributed by atoms with van der Waals surface area (Å²) in [6, 6.07) is 23.1. The lowest BCUT2D eigenvalue weighted by molar-refractivity contribution is 0.0630. The highest BCUT2D eigenvalue weighted by Gasteiger charge is 2.24. The minimum Gasteiger partial charge on any atom is -0.336 e. The summed E-state index contributed by atoms with van der Waals surface area (Å²) in [6.45, 7) is 8.19. The van der Waals surface area contributed by atoms with E-state index < -0.39 is 0 Å². The highest BCUT2D eigenvalue weighted by Crippen LogP contribution is 2.23. The van der Waals surface area contributed by atoms with E-state index in [-0.39, 0.29) is 5.91 Å². The van der Waals surface area contributed by atoms with Crippen molar-refractivity contribution >= 4 is 27.6 Å². The number of benzene rings is 3. The Labute approximate surface area is 183 Å². The fourth-order valence-electron chi connectivity index (χ4n) is 4.60. The average molecular weight is 410 g/mol. The molecule has 4 aromatic rings. The van der Waals surface area contributed by atoms with E-state index in [4.69, 9.17) is 0 Å². The Balaban J connectivity index is 1.32. The van der Waals surface area contributed by atoms with E-state index in [1.165, 1.54) is 16.3 Å². The molecule has 5 rings (SSSR count). The maximum absolute atomic E-state index is 13.4. The van der Waals surface area contributed by atoms with Gasteiger partial charge in [-0.15, -0.1) is 0 Å². The zero-order valence-corrected chi connectivity index (χ0v) is 18.1. The molecule has 1 aliphatic heterocycles. The Kier molecular flexibility index (Phi) is 5.16. The molecule has 1 aliphatic rings. The lowest BCUT2D eigenvalue weighted by Crippen LogP contribution is -2.48. The zero-order valence-electron chi connectivity index (χ0n) is 18.1. The number of pyridine rings is 1. The molecule has 4 heteroatoms. The van der Waals surface area contributed by atoms with Crippen molar-refractivity contribution in [3.8, 4) is 0 Å². The zero-order chi connectivity index (χ0) is 21.4. The van der Waals surface area contributed by atoms with E-state index in [1.54, 1.807) is 0 Å². The number of hydrogen-bond donors (Lipinski definition) is 0. The van der Waals surface area contributed by atoms with Crippen molar-refractivity contribution in [1.29, 1.82) is 0 Å². The van der Waals surface area contributed by atoms with Crippen molar-refractivity contribution in [3.63, 3.8) is 0 Å². The number of fused-ring (bicyclic) bond motifs is 2. The van der Waals surface area contributed by atoms with Crippen molar-refractivity contribution in [2.75, 3.05) is 26.2 Å². The second-order valence-electron chi connectivity index (χ2n) is 8.54. The normalized spacial score (nSPS) is 15.0. The van der Waals surface area contributed by atoms with Gasteiger partial charge in [0.1, 0.15) is 0 Å². The molecule has 1 amide bonds. The van der Waals surface area contributed by atoms with Gasteiger partial charge in [-0.1, -0.05) is 54.1 Å². The molecule has 1 aromatic heterocycles. The van der Waals surface area contributed by atoms with Crippen LogP contribution in [-0.4, -0.2) is 46.9 Å². The topological polar surface area (TPSA) is 36.4 Å². The van der Waals surface area contributed by atoms with E-state index >= 15 is 0 Å². The minimum atomic E-state index is 0.117. The molecule has 0 unspecified atom stereocenters. The minimum absolute atomic E-state index is 0.117. The Morgan fingerprint density at radius 2 is 1.65 bits per heavy atom. The number of amides is 1. The molecule has 1 saturated heterocycles. The maximum atomic E-state index is 13.4. The number of nitrogens with zero attached hydrogens (tertiary/aromatic N) is 3. The van der Waals surface area contributed by atoms with Gasteiger partial charge in [0.15, 0.2) is 0 Å². The number of carbonyl (C=O) groups is 1. The van der Waals surface area contributed by atoms with Crippen LogP contribution in [0.15, 0.2) is 66.7 Å². The molecule has 3 aromatic carbocycles. The van der Waals surface area contributed by atoms with Crippen LogP contribution in [-0.2, 0) is 6.54 Å². The molecule has 0 radical (unpaired) electrons. The summed E-state index contributed by atoms with van der Waals surface area (Å²) < 4.78 is 0. The largest absolute Gasteiger partial charge is 0.336 e. The fraction of sp³-hybridized carbons (Fsp3) is 0.259. The van der Waals surface area contributed by atoms with Crippen molar-refractivity contribution in [2.24, 2.45) is 0 Å². The number of piperazine rings is 1. The molecule has 0 bridgehead atoms. The summed E-state index contributed by atoms with van der Waals surface area (Å²) in [5.41, 5.74) is 5.04. The SMILES string of the molecule is Cc1ccc2nc(C)cc(C(=O)N3CCN(Cc4cccc5ccccc45)CC3)c2c1. The van der Waals surface area contributed by atoms with Crippen LogP contribution in [0, 0.1) is 13.8 Å². The molecule has 31 heavy (non-hydrogen) atoms. The number of aromatic nitrogens is 1. The lowest BCUT2D eigenvalue weighted by Gasteiger charge is -2.35. The molecule has 0 atom stereocenters. The number of aryl methyl sites for hydroxylation is 2. The first-order valence-corrected chi connectivity index (χ1v) is 10.9. The third-order valence-electron chi connectivity index (χ3n) is 6.26. The predicted molar refractivity (Wildman–Crippen MR) is 126 cm³/mol. The summed E-state index contributed by atoms with van der Waals surface area (Å²) in [5.74, 6) is 0.117. The van der Waals surface area contributed by atoms with Crippen LogP contribution in [0.2, 0.25) is 0 Å². The van der Waals surface area contributed by atoms with E-state index in [0.29, 0.717) is 0 Å². The molecule has 0 spiro atoms. The first-order valence-electron chi connectivity index (χ1n) is 10.9. The Morgan fingerprint density at radius 3 is 2.48 bits per heavy atom. The van der Waals surface area contributed by atoms with Gasteiger partial charge in [-0.2, -0.15) is 0 Å². The van der Waals surface area contributed by atoms with Crippen LogP contribution < -0.4 is 0 Å². The van der Waals surface area contributed by atoms with Crippen molar-refractivity contribution in [3.05, 3.63) is 89.1 Å². The van der Waals surface area contributed by atoms with Gasteiger partial charge >= 0.3 is 0 Å². The van der Waals surface area contributed by atoms with E-state index in [9.17, 15) is 4.79 Å². The van der Waals surface area contributed by atoms with E-state index in [0.717, 1.165) is 60.4 Å². The second kappa shape index (κ2) is 8.12. The number of rotatable bonds is 3. The Morgan fingerprint density at radius 1 is 0.871 bits per heavy atom. The van der Waals surface area contributed by atoms with Gasteiger partial charge in [0.25, 0.3) is 5.91 Å². The molecule has 4 nitrogen and oxygen atoms in total. The Bertz CT molecular complexity index is 1270. The summed E-state index contributed by atoms with van der Waals surface area (Å²) in [6.07, 6.45) is 0. The first-order chi connectivity index (χ1) is 15.1. The lowest BCUT2D eigenvalue weighted by atomic mass is 10.0. The molecule has 2 heterocycles. The first kappa shape index (κ1) is 19.7. The van der Waals surface area contributed by atoms with Crippen molar-refractivity contribution in [2.45, 2.75) is 20.4 Å². The molecule has 0 N–H and O–H groups in total. The molecule has 0 saturated carbocycles. The third kappa shape index (κ3) is 3.91. The van der Waals surface area contributed by atoms with Gasteiger partial charge in [0.05, 0.1) is 11.1 Å². The summed E-state index contributed by atoms with van der Waals surface area (Å²) >= 11 is 0. The van der Waals surface area contributed by atoms with Crippen LogP contribution in [0.1, 0.15) is 27.2 Å². The summed E-state index contributed by atoms with van der Waals surface area (Å²) in [4.78, 5) is 22.5. The van der Waals surface area contributed by atoms with Crippen LogP contribution in [0.3, 0.4) is 0 Å².